The molecule has 3 rings (SSSR count). The zero-order valence-electron chi connectivity index (χ0n) is 14.3. The van der Waals surface area contributed by atoms with Gasteiger partial charge in [0.2, 0.25) is 0 Å². The standard InChI is InChI=1S/C20H22N4O/c1-2-3-7-15-10-12-17(13-11-15)22-20(25)24-18-14-21-19(23-18)16-8-5-4-6-9-16/h4-6,8-14H,2-3,7H2,1H3,(H,21,23)(H2,22,24,25). The molecular formula is C20H22N4O. The number of urea groups is 1. The molecule has 0 aliphatic heterocycles. The van der Waals surface area contributed by atoms with Crippen molar-refractivity contribution in [3.8, 4) is 11.4 Å². The fraction of sp³-hybridized carbons (Fsp3) is 0.200. The number of H-pyrrole nitrogens is 1. The highest BCUT2D eigenvalue weighted by atomic mass is 16.2. The van der Waals surface area contributed by atoms with Gasteiger partial charge in [-0.05, 0) is 30.5 Å². The Morgan fingerprint density at radius 3 is 2.52 bits per heavy atom. The molecule has 128 valence electrons. The first-order valence-corrected chi connectivity index (χ1v) is 8.52. The summed E-state index contributed by atoms with van der Waals surface area (Å²) in [5, 5.41) is 5.59. The molecule has 25 heavy (non-hydrogen) atoms. The normalized spacial score (nSPS) is 10.4. The van der Waals surface area contributed by atoms with Gasteiger partial charge < -0.3 is 10.3 Å². The smallest absolute Gasteiger partial charge is 0.324 e. The van der Waals surface area contributed by atoms with Crippen molar-refractivity contribution >= 4 is 17.5 Å². The topological polar surface area (TPSA) is 69.8 Å². The number of carbonyl (C=O) groups is 1. The number of aromatic amines is 1. The number of hydrogen-bond donors (Lipinski definition) is 3. The van der Waals surface area contributed by atoms with Crippen molar-refractivity contribution in [2.45, 2.75) is 26.2 Å². The second-order valence-corrected chi connectivity index (χ2v) is 5.89. The molecule has 0 atom stereocenters. The fourth-order valence-electron chi connectivity index (χ4n) is 2.55. The van der Waals surface area contributed by atoms with Crippen LogP contribution in [0.25, 0.3) is 11.4 Å². The molecule has 0 aliphatic carbocycles. The first kappa shape index (κ1) is 16.8. The van der Waals surface area contributed by atoms with Crippen molar-refractivity contribution in [2.75, 3.05) is 10.6 Å². The summed E-state index contributed by atoms with van der Waals surface area (Å²) in [6.45, 7) is 2.18. The molecule has 3 N–H and O–H groups in total. The number of hydrogen-bond acceptors (Lipinski definition) is 2. The second kappa shape index (κ2) is 8.15. The molecule has 1 heterocycles. The van der Waals surface area contributed by atoms with Crippen LogP contribution < -0.4 is 10.6 Å². The molecule has 0 unspecified atom stereocenters. The summed E-state index contributed by atoms with van der Waals surface area (Å²) in [6, 6.07) is 17.4. The van der Waals surface area contributed by atoms with Crippen LogP contribution in [0.2, 0.25) is 0 Å². The van der Waals surface area contributed by atoms with Crippen molar-refractivity contribution in [1.29, 1.82) is 0 Å². The zero-order valence-corrected chi connectivity index (χ0v) is 14.3. The van der Waals surface area contributed by atoms with Crippen molar-refractivity contribution in [3.63, 3.8) is 0 Å². The molecule has 0 spiro atoms. The van der Waals surface area contributed by atoms with Gasteiger partial charge in [0.1, 0.15) is 11.6 Å². The number of unbranched alkanes of at least 4 members (excludes halogenated alkanes) is 1. The lowest BCUT2D eigenvalue weighted by Gasteiger charge is -2.07. The summed E-state index contributed by atoms with van der Waals surface area (Å²) < 4.78 is 0. The summed E-state index contributed by atoms with van der Waals surface area (Å²) in [5.41, 5.74) is 3.02. The first-order chi connectivity index (χ1) is 12.2. The Balaban J connectivity index is 1.57. The van der Waals surface area contributed by atoms with Crippen LogP contribution in [0.4, 0.5) is 16.3 Å². The van der Waals surface area contributed by atoms with Gasteiger partial charge in [0.25, 0.3) is 0 Å². The number of anilines is 2. The van der Waals surface area contributed by atoms with Gasteiger partial charge in [0.05, 0.1) is 6.20 Å². The lowest BCUT2D eigenvalue weighted by Crippen LogP contribution is -2.19. The highest BCUT2D eigenvalue weighted by Crippen LogP contribution is 2.17. The Hall–Kier alpha value is -3.08. The molecule has 0 saturated heterocycles. The van der Waals surface area contributed by atoms with Crippen LogP contribution in [-0.2, 0) is 6.42 Å². The van der Waals surface area contributed by atoms with E-state index >= 15 is 0 Å². The SMILES string of the molecule is CCCCc1ccc(NC(=O)Nc2cnc(-c3ccccc3)[nH]2)cc1. The Morgan fingerprint density at radius 1 is 1.04 bits per heavy atom. The average Bonchev–Trinajstić information content (AvgIpc) is 3.10. The molecule has 2 aromatic carbocycles. The van der Waals surface area contributed by atoms with E-state index in [0.29, 0.717) is 5.82 Å². The second-order valence-electron chi connectivity index (χ2n) is 5.89. The molecule has 0 radical (unpaired) electrons. The number of benzene rings is 2. The monoisotopic (exact) mass is 334 g/mol. The van der Waals surface area contributed by atoms with Crippen LogP contribution in [0.15, 0.2) is 60.8 Å². The van der Waals surface area contributed by atoms with Crippen LogP contribution in [0.3, 0.4) is 0 Å². The maximum atomic E-state index is 12.1. The fourth-order valence-corrected chi connectivity index (χ4v) is 2.55. The number of nitrogens with zero attached hydrogens (tertiary/aromatic N) is 1. The Kier molecular flexibility index (Phi) is 5.46. The van der Waals surface area contributed by atoms with E-state index in [4.69, 9.17) is 0 Å². The predicted molar refractivity (Wildman–Crippen MR) is 102 cm³/mol. The average molecular weight is 334 g/mol. The minimum atomic E-state index is -0.301. The van der Waals surface area contributed by atoms with Crippen molar-refractivity contribution in [3.05, 3.63) is 66.4 Å². The molecular weight excluding hydrogens is 312 g/mol. The lowest BCUT2D eigenvalue weighted by molar-refractivity contribution is 0.262. The quantitative estimate of drug-likeness (QED) is 0.589. The number of imidazole rings is 1. The molecule has 1 aromatic heterocycles. The van der Waals surface area contributed by atoms with Crippen LogP contribution in [0.1, 0.15) is 25.3 Å². The number of aryl methyl sites for hydroxylation is 1. The highest BCUT2D eigenvalue weighted by molar-refractivity contribution is 5.99. The Labute approximate surface area is 147 Å². The highest BCUT2D eigenvalue weighted by Gasteiger charge is 2.07. The van der Waals surface area contributed by atoms with Gasteiger partial charge >= 0.3 is 6.03 Å². The van der Waals surface area contributed by atoms with Crippen LogP contribution >= 0.6 is 0 Å². The summed E-state index contributed by atoms with van der Waals surface area (Å²) in [6.07, 6.45) is 5.03. The summed E-state index contributed by atoms with van der Waals surface area (Å²) >= 11 is 0. The van der Waals surface area contributed by atoms with Crippen LogP contribution in [-0.4, -0.2) is 16.0 Å². The summed E-state index contributed by atoms with van der Waals surface area (Å²) in [7, 11) is 0. The summed E-state index contributed by atoms with van der Waals surface area (Å²) in [4.78, 5) is 19.5. The third kappa shape index (κ3) is 4.70. The van der Waals surface area contributed by atoms with E-state index in [9.17, 15) is 4.79 Å². The van der Waals surface area contributed by atoms with E-state index in [1.54, 1.807) is 6.20 Å². The van der Waals surface area contributed by atoms with Gasteiger partial charge in [0, 0.05) is 11.3 Å². The number of aromatic nitrogens is 2. The molecule has 2 amide bonds. The van der Waals surface area contributed by atoms with Gasteiger partial charge in [0.15, 0.2) is 0 Å². The van der Waals surface area contributed by atoms with Crippen molar-refractivity contribution in [1.82, 2.24) is 9.97 Å². The first-order valence-electron chi connectivity index (χ1n) is 8.52. The van der Waals surface area contributed by atoms with Gasteiger partial charge in [-0.1, -0.05) is 55.8 Å². The minimum Gasteiger partial charge on any atom is -0.325 e. The number of amides is 2. The largest absolute Gasteiger partial charge is 0.325 e. The molecule has 5 heteroatoms. The molecule has 0 fully saturated rings. The number of carbonyl (C=O) groups excluding carboxylic acids is 1. The maximum absolute atomic E-state index is 12.1. The van der Waals surface area contributed by atoms with Crippen molar-refractivity contribution in [2.24, 2.45) is 0 Å². The number of nitrogens with one attached hydrogen (secondary N) is 3. The van der Waals surface area contributed by atoms with Crippen molar-refractivity contribution < 1.29 is 4.79 Å². The van der Waals surface area contributed by atoms with E-state index in [1.807, 2.05) is 42.5 Å². The maximum Gasteiger partial charge on any atom is 0.324 e. The third-order valence-corrected chi connectivity index (χ3v) is 3.90. The van der Waals surface area contributed by atoms with E-state index in [-0.39, 0.29) is 6.03 Å². The van der Waals surface area contributed by atoms with Gasteiger partial charge in [-0.3, -0.25) is 5.32 Å². The van der Waals surface area contributed by atoms with Gasteiger partial charge in [-0.2, -0.15) is 0 Å². The molecule has 0 saturated carbocycles. The van der Waals surface area contributed by atoms with Gasteiger partial charge in [-0.15, -0.1) is 0 Å². The van der Waals surface area contributed by atoms with E-state index < -0.39 is 0 Å². The van der Waals surface area contributed by atoms with Crippen LogP contribution in [0.5, 0.6) is 0 Å². The third-order valence-electron chi connectivity index (χ3n) is 3.90. The van der Waals surface area contributed by atoms with E-state index in [1.165, 1.54) is 18.4 Å². The van der Waals surface area contributed by atoms with Gasteiger partial charge in [-0.25, -0.2) is 9.78 Å². The molecule has 3 aromatic rings. The molecule has 0 bridgehead atoms. The number of rotatable bonds is 6. The summed E-state index contributed by atoms with van der Waals surface area (Å²) in [5.74, 6) is 1.27. The zero-order chi connectivity index (χ0) is 17.5. The lowest BCUT2D eigenvalue weighted by atomic mass is 10.1. The van der Waals surface area contributed by atoms with Crippen LogP contribution in [0, 0.1) is 0 Å². The van der Waals surface area contributed by atoms with E-state index in [2.05, 4.69) is 39.7 Å². The minimum absolute atomic E-state index is 0.301. The predicted octanol–water partition coefficient (Wildman–Crippen LogP) is 5.06. The Morgan fingerprint density at radius 2 is 1.80 bits per heavy atom. The Bertz CT molecular complexity index is 809. The molecule has 0 aliphatic rings. The molecule has 5 nitrogen and oxygen atoms in total. The van der Waals surface area contributed by atoms with E-state index in [0.717, 1.165) is 23.5 Å².